The lowest BCUT2D eigenvalue weighted by Crippen LogP contribution is -2.68. The number of nitrogens with zero attached hydrogens (tertiary/aromatic N) is 1. The predicted molar refractivity (Wildman–Crippen MR) is 292 cm³/mol. The van der Waals surface area contributed by atoms with Gasteiger partial charge in [0, 0.05) is 16.9 Å². The van der Waals surface area contributed by atoms with E-state index in [1.807, 2.05) is 0 Å². The summed E-state index contributed by atoms with van der Waals surface area (Å²) in [5, 5.41) is 34.6. The lowest BCUT2D eigenvalue weighted by atomic mass is 9.32. The van der Waals surface area contributed by atoms with E-state index in [9.17, 15) is 15.4 Å². The third-order valence-electron chi connectivity index (χ3n) is 28.2. The van der Waals surface area contributed by atoms with E-state index in [4.69, 9.17) is 5.73 Å². The van der Waals surface area contributed by atoms with Gasteiger partial charge >= 0.3 is 0 Å². The van der Waals surface area contributed by atoms with E-state index in [1.165, 1.54) is 127 Å². The Labute approximate surface area is 426 Å². The average Bonchev–Trinajstić information content (AvgIpc) is 3.89. The molecule has 5 heteroatoms. The van der Waals surface area contributed by atoms with Gasteiger partial charge in [0.25, 0.3) is 0 Å². The first-order chi connectivity index (χ1) is 31.4. The number of rotatable bonds is 6. The molecule has 0 amide bonds. The fraction of sp³-hybridized carbons (Fsp3) is 0.922. The molecular formula is C64H112N2O3. The standard InChI is InChI=1S/C31H51NO2.C31H53NO.2CH4/c1-8-31-16-11-21(20(2)3)26(31)22-9-10-24-27(4)14-13-25(32-34)28(5,19-33)23(27)12-15-30(24,7)29(22,6)17-18-31;1-8-31-16-11-21(20(2)3)26(31)22-9-10-24-27(4)14-13-25(32)28(5,19-33)23(27)12-15-30(24,7)29(22,6)17-18-31;;/h21-24,26,33-34H,2,8-19H2,1,3-7H3;21-26,33H,2,8-19,32H2,1,3-7H3;2*1H4/b32-25-;;;/t21-,22+,23+,24+,26+,27-,28+,29+,30+,31+;21-,22+,23+,24+,25?,26+,27-,28+,29+,30+,31+;;/m00../s1. The third kappa shape index (κ3) is 7.10. The number of aliphatic hydroxyl groups is 2. The lowest BCUT2D eigenvalue weighted by molar-refractivity contribution is -0.242. The van der Waals surface area contributed by atoms with E-state index in [0.717, 1.165) is 66.9 Å². The zero-order chi connectivity index (χ0) is 48.8. The molecule has 10 aliphatic rings. The van der Waals surface area contributed by atoms with Gasteiger partial charge in [0.05, 0.1) is 18.9 Å². The molecule has 5 nitrogen and oxygen atoms in total. The highest BCUT2D eigenvalue weighted by atomic mass is 16.4. The number of nitrogens with two attached hydrogens (primary N) is 1. The summed E-state index contributed by atoms with van der Waals surface area (Å²) in [6, 6.07) is 0.145. The highest BCUT2D eigenvalue weighted by molar-refractivity contribution is 5.91. The van der Waals surface area contributed by atoms with Crippen molar-refractivity contribution < 1.29 is 15.4 Å². The van der Waals surface area contributed by atoms with Crippen LogP contribution in [0.2, 0.25) is 0 Å². The van der Waals surface area contributed by atoms with E-state index in [2.05, 4.69) is 101 Å². The maximum atomic E-state index is 10.5. The monoisotopic (exact) mass is 957 g/mol. The predicted octanol–water partition coefficient (Wildman–Crippen LogP) is 16.5. The van der Waals surface area contributed by atoms with Crippen molar-refractivity contribution in [2.45, 2.75) is 245 Å². The van der Waals surface area contributed by atoms with Gasteiger partial charge in [0.15, 0.2) is 0 Å². The van der Waals surface area contributed by atoms with Crippen molar-refractivity contribution in [1.29, 1.82) is 0 Å². The van der Waals surface area contributed by atoms with Crippen LogP contribution in [0.1, 0.15) is 239 Å². The molecule has 21 atom stereocenters. The maximum absolute atomic E-state index is 10.5. The summed E-state index contributed by atoms with van der Waals surface area (Å²) in [5.74, 6) is 7.21. The summed E-state index contributed by atoms with van der Waals surface area (Å²) >= 11 is 0. The van der Waals surface area contributed by atoms with Gasteiger partial charge in [-0.2, -0.15) is 0 Å². The summed E-state index contributed by atoms with van der Waals surface area (Å²) in [6.07, 6.45) is 28.7. The molecule has 0 saturated heterocycles. The van der Waals surface area contributed by atoms with Crippen LogP contribution in [0.15, 0.2) is 29.5 Å². The first-order valence-electron chi connectivity index (χ1n) is 28.9. The third-order valence-corrected chi connectivity index (χ3v) is 28.2. The average molecular weight is 958 g/mol. The minimum Gasteiger partial charge on any atom is -0.411 e. The molecule has 0 aromatic rings. The fourth-order valence-electron chi connectivity index (χ4n) is 23.9. The van der Waals surface area contributed by atoms with Gasteiger partial charge in [-0.25, -0.2) is 0 Å². The van der Waals surface area contributed by atoms with Gasteiger partial charge in [-0.3, -0.25) is 0 Å². The Morgan fingerprint density at radius 3 is 1.39 bits per heavy atom. The number of hydrogen-bond donors (Lipinski definition) is 4. The second-order valence-electron chi connectivity index (χ2n) is 29.2. The van der Waals surface area contributed by atoms with Crippen LogP contribution in [0.4, 0.5) is 0 Å². The Balaban J connectivity index is 0.000000198. The van der Waals surface area contributed by atoms with Crippen molar-refractivity contribution in [2.24, 2.45) is 124 Å². The summed E-state index contributed by atoms with van der Waals surface area (Å²) in [4.78, 5) is 0. The quantitative estimate of drug-likeness (QED) is 0.121. The Kier molecular flexibility index (Phi) is 14.7. The molecule has 0 radical (unpaired) electrons. The summed E-state index contributed by atoms with van der Waals surface area (Å²) in [7, 11) is 0. The molecule has 0 aromatic heterocycles. The number of hydrogen-bond acceptors (Lipinski definition) is 5. The van der Waals surface area contributed by atoms with Gasteiger partial charge in [0.1, 0.15) is 0 Å². The number of fused-ring (bicyclic) bond motifs is 14. The van der Waals surface area contributed by atoms with E-state index in [0.29, 0.717) is 61.6 Å². The number of allylic oxidation sites excluding steroid dienone is 2. The SMILES string of the molecule is C.C.C=C(C)[C@@H]1CC[C@]2(CC)CC[C@]3(C)[C@H](CC[C@@H]4[C@@]5(C)CC/C(=N/O)[C@](C)(CO)[C@@H]5CC[C@]43C)[C@@H]12.C=C(C)[C@@H]1CC[C@]2(CC)CC[C@]3(C)[C@H](CC[C@@H]4[C@@]5(C)CCC(N)[C@](C)(CO)[C@@H]5CC[C@]43C)[C@@H]12. The molecule has 10 fully saturated rings. The fourth-order valence-corrected chi connectivity index (χ4v) is 23.9. The van der Waals surface area contributed by atoms with Crippen molar-refractivity contribution in [2.75, 3.05) is 13.2 Å². The lowest BCUT2D eigenvalue weighted by Gasteiger charge is -2.73. The summed E-state index contributed by atoms with van der Waals surface area (Å²) < 4.78 is 0. The molecule has 5 N–H and O–H groups in total. The number of oxime groups is 1. The maximum Gasteiger partial charge on any atom is 0.0655 e. The topological polar surface area (TPSA) is 99.1 Å². The molecule has 10 rings (SSSR count). The highest BCUT2D eigenvalue weighted by Crippen LogP contribution is 2.80. The van der Waals surface area contributed by atoms with E-state index < -0.39 is 0 Å². The van der Waals surface area contributed by atoms with Gasteiger partial charge in [-0.15, -0.1) is 0 Å². The molecule has 10 saturated carbocycles. The van der Waals surface area contributed by atoms with Crippen molar-refractivity contribution in [1.82, 2.24) is 0 Å². The van der Waals surface area contributed by atoms with E-state index in [1.54, 1.807) is 0 Å². The van der Waals surface area contributed by atoms with Gasteiger partial charge in [0.2, 0.25) is 0 Å². The molecule has 0 aromatic carbocycles. The molecule has 0 spiro atoms. The second kappa shape index (κ2) is 18.3. The van der Waals surface area contributed by atoms with Crippen LogP contribution < -0.4 is 5.73 Å². The number of aliphatic hydroxyl groups excluding tert-OH is 2. The Morgan fingerprint density at radius 1 is 0.536 bits per heavy atom. The van der Waals surface area contributed by atoms with Crippen LogP contribution in [0.3, 0.4) is 0 Å². The molecule has 0 aliphatic heterocycles. The van der Waals surface area contributed by atoms with Gasteiger partial charge in [-0.1, -0.05) is 126 Å². The van der Waals surface area contributed by atoms with Crippen molar-refractivity contribution in [3.05, 3.63) is 24.3 Å². The van der Waals surface area contributed by atoms with Crippen LogP contribution in [-0.2, 0) is 0 Å². The van der Waals surface area contributed by atoms with E-state index >= 15 is 0 Å². The second-order valence-corrected chi connectivity index (χ2v) is 29.2. The Hall–Kier alpha value is -1.17. The van der Waals surface area contributed by atoms with Crippen molar-refractivity contribution >= 4 is 5.71 Å². The first-order valence-corrected chi connectivity index (χ1v) is 28.9. The summed E-state index contributed by atoms with van der Waals surface area (Å²) in [6.45, 7) is 39.4. The first kappa shape index (κ1) is 55.6. The molecular weight excluding hydrogens is 845 g/mol. The highest BCUT2D eigenvalue weighted by Gasteiger charge is 2.73. The smallest absolute Gasteiger partial charge is 0.0655 e. The Bertz CT molecular complexity index is 1960. The minimum absolute atomic E-state index is 0. The van der Waals surface area contributed by atoms with E-state index in [-0.39, 0.29) is 50.4 Å². The minimum atomic E-state index is -0.388. The van der Waals surface area contributed by atoms with Crippen LogP contribution in [-0.4, -0.2) is 40.4 Å². The zero-order valence-corrected chi connectivity index (χ0v) is 45.6. The Morgan fingerprint density at radius 2 is 0.986 bits per heavy atom. The molecule has 1 unspecified atom stereocenters. The summed E-state index contributed by atoms with van der Waals surface area (Å²) in [5.41, 5.74) is 13.1. The van der Waals surface area contributed by atoms with Gasteiger partial charge in [-0.05, 0) is 245 Å². The molecule has 0 heterocycles. The van der Waals surface area contributed by atoms with Crippen molar-refractivity contribution in [3.8, 4) is 0 Å². The van der Waals surface area contributed by atoms with Crippen LogP contribution in [0.25, 0.3) is 0 Å². The zero-order valence-electron chi connectivity index (χ0n) is 45.6. The molecule has 396 valence electrons. The molecule has 0 bridgehead atoms. The molecule has 69 heavy (non-hydrogen) atoms. The normalized spacial score (nSPS) is 55.2. The van der Waals surface area contributed by atoms with Crippen molar-refractivity contribution in [3.63, 3.8) is 0 Å². The molecule has 10 aliphatic carbocycles. The van der Waals surface area contributed by atoms with Gasteiger partial charge < -0.3 is 21.2 Å². The largest absolute Gasteiger partial charge is 0.411 e. The van der Waals surface area contributed by atoms with Crippen LogP contribution >= 0.6 is 0 Å². The van der Waals surface area contributed by atoms with Crippen LogP contribution in [0.5, 0.6) is 0 Å². The van der Waals surface area contributed by atoms with Crippen LogP contribution in [0, 0.1) is 113 Å².